The van der Waals surface area contributed by atoms with Crippen LogP contribution in [0.2, 0.25) is 0 Å². The van der Waals surface area contributed by atoms with E-state index in [1.165, 1.54) is 45.3 Å². The third-order valence-corrected chi connectivity index (χ3v) is 4.57. The zero-order valence-electron chi connectivity index (χ0n) is 14.5. The van der Waals surface area contributed by atoms with Gasteiger partial charge >= 0.3 is 6.09 Å². The van der Waals surface area contributed by atoms with E-state index in [2.05, 4.69) is 4.90 Å². The SMILES string of the molecule is CC(C)(C)OC(=O)N1CCC(CCN2CCCCC2)CC1.Cl. The summed E-state index contributed by atoms with van der Waals surface area (Å²) in [5, 5.41) is 0. The van der Waals surface area contributed by atoms with E-state index in [-0.39, 0.29) is 24.1 Å². The maximum absolute atomic E-state index is 12.0. The van der Waals surface area contributed by atoms with Crippen LogP contribution >= 0.6 is 12.4 Å². The first-order valence-electron chi connectivity index (χ1n) is 8.64. The zero-order chi connectivity index (χ0) is 15.3. The molecule has 0 aromatic carbocycles. The molecular formula is C17H33ClN2O2. The first-order chi connectivity index (χ1) is 9.94. The van der Waals surface area contributed by atoms with Gasteiger partial charge < -0.3 is 14.5 Å². The molecule has 0 bridgehead atoms. The number of carbonyl (C=O) groups is 1. The average molecular weight is 333 g/mol. The molecule has 2 saturated heterocycles. The summed E-state index contributed by atoms with van der Waals surface area (Å²) in [6.07, 6.45) is 7.57. The number of hydrogen-bond donors (Lipinski definition) is 0. The highest BCUT2D eigenvalue weighted by molar-refractivity contribution is 5.85. The monoisotopic (exact) mass is 332 g/mol. The molecule has 0 aliphatic carbocycles. The highest BCUT2D eigenvalue weighted by Crippen LogP contribution is 2.23. The van der Waals surface area contributed by atoms with Crippen LogP contribution < -0.4 is 0 Å². The number of ether oxygens (including phenoxy) is 1. The fourth-order valence-corrected chi connectivity index (χ4v) is 3.28. The molecule has 130 valence electrons. The molecular weight excluding hydrogens is 300 g/mol. The molecule has 2 rings (SSSR count). The average Bonchev–Trinajstić information content (AvgIpc) is 2.45. The Morgan fingerprint density at radius 1 is 1.05 bits per heavy atom. The fourth-order valence-electron chi connectivity index (χ4n) is 3.28. The largest absolute Gasteiger partial charge is 0.444 e. The summed E-state index contributed by atoms with van der Waals surface area (Å²) in [5.74, 6) is 0.783. The summed E-state index contributed by atoms with van der Waals surface area (Å²) in [7, 11) is 0. The van der Waals surface area contributed by atoms with Crippen molar-refractivity contribution < 1.29 is 9.53 Å². The number of piperidine rings is 2. The Labute approximate surface area is 142 Å². The van der Waals surface area contributed by atoms with Crippen molar-refractivity contribution in [2.75, 3.05) is 32.7 Å². The lowest BCUT2D eigenvalue weighted by Crippen LogP contribution is -2.42. The van der Waals surface area contributed by atoms with Crippen LogP contribution in [0.25, 0.3) is 0 Å². The second-order valence-electron chi connectivity index (χ2n) is 7.60. The summed E-state index contributed by atoms with van der Waals surface area (Å²) in [6, 6.07) is 0. The second-order valence-corrected chi connectivity index (χ2v) is 7.60. The summed E-state index contributed by atoms with van der Waals surface area (Å²) >= 11 is 0. The van der Waals surface area contributed by atoms with E-state index in [0.29, 0.717) is 0 Å². The van der Waals surface area contributed by atoms with Gasteiger partial charge in [0.1, 0.15) is 5.60 Å². The van der Waals surface area contributed by atoms with Crippen LogP contribution in [0.4, 0.5) is 4.79 Å². The Balaban J connectivity index is 0.00000242. The van der Waals surface area contributed by atoms with E-state index >= 15 is 0 Å². The number of likely N-dealkylation sites (tertiary alicyclic amines) is 2. The molecule has 0 aromatic heterocycles. The molecule has 1 amide bonds. The Hall–Kier alpha value is -0.480. The number of amides is 1. The number of carbonyl (C=O) groups excluding carboxylic acids is 1. The molecule has 0 radical (unpaired) electrons. The first kappa shape index (κ1) is 19.6. The van der Waals surface area contributed by atoms with Gasteiger partial charge in [0.25, 0.3) is 0 Å². The lowest BCUT2D eigenvalue weighted by atomic mass is 9.93. The van der Waals surface area contributed by atoms with Crippen LogP contribution in [0.15, 0.2) is 0 Å². The normalized spacial score (nSPS) is 21.3. The molecule has 22 heavy (non-hydrogen) atoms. The van der Waals surface area contributed by atoms with E-state index in [9.17, 15) is 4.79 Å². The Kier molecular flexibility index (Phi) is 7.98. The topological polar surface area (TPSA) is 32.8 Å². The highest BCUT2D eigenvalue weighted by atomic mass is 35.5. The third kappa shape index (κ3) is 6.74. The van der Waals surface area contributed by atoms with E-state index < -0.39 is 0 Å². The van der Waals surface area contributed by atoms with Gasteiger partial charge in [-0.1, -0.05) is 6.42 Å². The van der Waals surface area contributed by atoms with Crippen molar-refractivity contribution in [3.63, 3.8) is 0 Å². The molecule has 0 unspecified atom stereocenters. The summed E-state index contributed by atoms with van der Waals surface area (Å²) < 4.78 is 5.45. The van der Waals surface area contributed by atoms with Gasteiger partial charge in [-0.2, -0.15) is 0 Å². The fraction of sp³-hybridized carbons (Fsp3) is 0.941. The Morgan fingerprint density at radius 2 is 1.64 bits per heavy atom. The molecule has 2 aliphatic heterocycles. The minimum absolute atomic E-state index is 0. The van der Waals surface area contributed by atoms with Gasteiger partial charge in [-0.05, 0) is 78.4 Å². The summed E-state index contributed by atoms with van der Waals surface area (Å²) in [5.41, 5.74) is -0.387. The van der Waals surface area contributed by atoms with Crippen LogP contribution in [0.1, 0.15) is 59.3 Å². The number of hydrogen-bond acceptors (Lipinski definition) is 3. The van der Waals surface area contributed by atoms with Crippen LogP contribution in [-0.4, -0.2) is 54.2 Å². The molecule has 2 aliphatic rings. The van der Waals surface area contributed by atoms with Crippen LogP contribution in [0, 0.1) is 5.92 Å². The van der Waals surface area contributed by atoms with Gasteiger partial charge in [0.2, 0.25) is 0 Å². The van der Waals surface area contributed by atoms with Gasteiger partial charge in [0.05, 0.1) is 0 Å². The smallest absolute Gasteiger partial charge is 0.410 e. The van der Waals surface area contributed by atoms with Crippen LogP contribution in [0.5, 0.6) is 0 Å². The standard InChI is InChI=1S/C17H32N2O2.ClH/c1-17(2,3)21-16(20)19-13-8-15(9-14-19)7-12-18-10-5-4-6-11-18;/h15H,4-14H2,1-3H3;1H. The van der Waals surface area contributed by atoms with E-state index in [1.54, 1.807) is 0 Å². The zero-order valence-corrected chi connectivity index (χ0v) is 15.3. The highest BCUT2D eigenvalue weighted by Gasteiger charge is 2.27. The summed E-state index contributed by atoms with van der Waals surface area (Å²) in [6.45, 7) is 11.3. The summed E-state index contributed by atoms with van der Waals surface area (Å²) in [4.78, 5) is 16.5. The predicted molar refractivity (Wildman–Crippen MR) is 92.7 cm³/mol. The van der Waals surface area contributed by atoms with Gasteiger partial charge in [0.15, 0.2) is 0 Å². The maximum atomic E-state index is 12.0. The van der Waals surface area contributed by atoms with E-state index in [1.807, 2.05) is 25.7 Å². The van der Waals surface area contributed by atoms with Crippen molar-refractivity contribution >= 4 is 18.5 Å². The molecule has 0 spiro atoms. The molecule has 4 nitrogen and oxygen atoms in total. The lowest BCUT2D eigenvalue weighted by molar-refractivity contribution is 0.0177. The van der Waals surface area contributed by atoms with Crippen molar-refractivity contribution in [1.29, 1.82) is 0 Å². The van der Waals surface area contributed by atoms with Gasteiger partial charge in [-0.3, -0.25) is 0 Å². The molecule has 2 heterocycles. The van der Waals surface area contributed by atoms with Crippen molar-refractivity contribution in [3.05, 3.63) is 0 Å². The molecule has 0 N–H and O–H groups in total. The van der Waals surface area contributed by atoms with Crippen LogP contribution in [-0.2, 0) is 4.74 Å². The first-order valence-corrected chi connectivity index (χ1v) is 8.64. The molecule has 0 saturated carbocycles. The molecule has 2 fully saturated rings. The van der Waals surface area contributed by atoms with Gasteiger partial charge in [-0.15, -0.1) is 12.4 Å². The number of rotatable bonds is 3. The minimum Gasteiger partial charge on any atom is -0.444 e. The van der Waals surface area contributed by atoms with Gasteiger partial charge in [-0.25, -0.2) is 4.79 Å². The number of nitrogens with zero attached hydrogens (tertiary/aromatic N) is 2. The minimum atomic E-state index is -0.387. The number of halogens is 1. The third-order valence-electron chi connectivity index (χ3n) is 4.57. The molecule has 0 atom stereocenters. The van der Waals surface area contributed by atoms with Crippen LogP contribution in [0.3, 0.4) is 0 Å². The van der Waals surface area contributed by atoms with E-state index in [0.717, 1.165) is 31.8 Å². The van der Waals surface area contributed by atoms with Crippen molar-refractivity contribution in [2.45, 2.75) is 64.9 Å². The van der Waals surface area contributed by atoms with Crippen molar-refractivity contribution in [1.82, 2.24) is 9.80 Å². The Morgan fingerprint density at radius 3 is 2.18 bits per heavy atom. The van der Waals surface area contributed by atoms with Gasteiger partial charge in [0, 0.05) is 13.1 Å². The quantitative estimate of drug-likeness (QED) is 0.785. The maximum Gasteiger partial charge on any atom is 0.410 e. The predicted octanol–water partition coefficient (Wildman–Crippen LogP) is 3.93. The molecule has 5 heteroatoms. The van der Waals surface area contributed by atoms with Crippen molar-refractivity contribution in [2.24, 2.45) is 5.92 Å². The Bertz CT molecular complexity index is 330. The van der Waals surface area contributed by atoms with E-state index in [4.69, 9.17) is 4.74 Å². The lowest BCUT2D eigenvalue weighted by Gasteiger charge is -2.34. The second kappa shape index (κ2) is 8.97. The molecule has 0 aromatic rings. The van der Waals surface area contributed by atoms with Crippen molar-refractivity contribution in [3.8, 4) is 0 Å².